The van der Waals surface area contributed by atoms with Gasteiger partial charge in [-0.05, 0) is 48.9 Å². The Hall–Kier alpha value is -3.34. The van der Waals surface area contributed by atoms with E-state index in [2.05, 4.69) is 9.88 Å². The molecule has 1 saturated heterocycles. The van der Waals surface area contributed by atoms with Gasteiger partial charge in [-0.3, -0.25) is 4.98 Å². The van der Waals surface area contributed by atoms with Crippen LogP contribution in [-0.2, 0) is 10.0 Å². The van der Waals surface area contributed by atoms with Crippen LogP contribution in [0.5, 0.6) is 11.5 Å². The number of anilines is 1. The number of fused-ring (bicyclic) bond motifs is 1. The monoisotopic (exact) mass is 572 g/mol. The SMILES string of the molecule is Cc1cccc(Cl)c1S(=O)(=O)[N+](C)(C1CCN(c2ccncc2)CC1)C1CCOc2ccc(OC(=O)O)cc21. The zero-order valence-electron chi connectivity index (χ0n) is 21.8. The number of hydrogen-bond donors (Lipinski definition) is 1. The number of carboxylic acid groups (broad SMARTS) is 1. The normalized spacial score (nSPS) is 19.5. The van der Waals surface area contributed by atoms with Gasteiger partial charge in [-0.2, -0.15) is 8.42 Å². The topological polar surface area (TPSA) is 106 Å². The Morgan fingerprint density at radius 2 is 1.85 bits per heavy atom. The molecule has 2 aromatic carbocycles. The van der Waals surface area contributed by atoms with Crippen molar-refractivity contribution in [3.05, 3.63) is 77.1 Å². The van der Waals surface area contributed by atoms with E-state index < -0.39 is 22.2 Å². The van der Waals surface area contributed by atoms with E-state index in [0.717, 1.165) is 5.69 Å². The number of nitrogens with zero attached hydrogens (tertiary/aromatic N) is 3. The van der Waals surface area contributed by atoms with E-state index in [1.807, 2.05) is 12.1 Å². The van der Waals surface area contributed by atoms with Gasteiger partial charge in [-0.25, -0.2) is 8.68 Å². The van der Waals surface area contributed by atoms with Gasteiger partial charge in [0.05, 0.1) is 24.2 Å². The van der Waals surface area contributed by atoms with Gasteiger partial charge < -0.3 is 19.5 Å². The zero-order valence-corrected chi connectivity index (χ0v) is 23.4. The van der Waals surface area contributed by atoms with Crippen LogP contribution < -0.4 is 14.4 Å². The van der Waals surface area contributed by atoms with Crippen molar-refractivity contribution in [1.82, 2.24) is 4.98 Å². The van der Waals surface area contributed by atoms with Crippen molar-refractivity contribution in [2.45, 2.75) is 43.2 Å². The highest BCUT2D eigenvalue weighted by molar-refractivity contribution is 7.86. The highest BCUT2D eigenvalue weighted by Crippen LogP contribution is 2.49. The lowest BCUT2D eigenvalue weighted by atomic mass is 9.94. The minimum Gasteiger partial charge on any atom is -0.493 e. The van der Waals surface area contributed by atoms with E-state index in [-0.39, 0.29) is 25.6 Å². The summed E-state index contributed by atoms with van der Waals surface area (Å²) < 4.78 is 40.1. The third-order valence-corrected chi connectivity index (χ3v) is 11.0. The lowest BCUT2D eigenvalue weighted by molar-refractivity contribution is -0.848. The first kappa shape index (κ1) is 27.2. The summed E-state index contributed by atoms with van der Waals surface area (Å²) >= 11 is 6.57. The third-order valence-electron chi connectivity index (χ3n) is 7.97. The van der Waals surface area contributed by atoms with Crippen molar-refractivity contribution in [2.75, 3.05) is 31.6 Å². The Morgan fingerprint density at radius 1 is 1.13 bits per heavy atom. The van der Waals surface area contributed by atoms with E-state index in [1.165, 1.54) is 6.07 Å². The maximum absolute atomic E-state index is 14.8. The lowest BCUT2D eigenvalue weighted by Crippen LogP contribution is -2.61. The van der Waals surface area contributed by atoms with Gasteiger partial charge in [0.25, 0.3) is 0 Å². The highest BCUT2D eigenvalue weighted by Gasteiger charge is 2.55. The summed E-state index contributed by atoms with van der Waals surface area (Å²) in [6, 6.07) is 13.0. The molecule has 2 aliphatic rings. The molecule has 39 heavy (non-hydrogen) atoms. The van der Waals surface area contributed by atoms with Gasteiger partial charge in [0, 0.05) is 50.4 Å². The molecule has 0 radical (unpaired) electrons. The number of carbonyl (C=O) groups is 1. The number of aryl methyl sites for hydroxylation is 1. The van der Waals surface area contributed by atoms with Crippen LogP contribution in [-0.4, -0.2) is 61.3 Å². The zero-order chi connectivity index (χ0) is 27.8. The van der Waals surface area contributed by atoms with E-state index >= 15 is 0 Å². The summed E-state index contributed by atoms with van der Waals surface area (Å²) in [7, 11) is -2.28. The Bertz CT molecular complexity index is 1460. The van der Waals surface area contributed by atoms with Crippen LogP contribution >= 0.6 is 11.6 Å². The Morgan fingerprint density at radius 3 is 2.51 bits per heavy atom. The molecule has 1 fully saturated rings. The minimum atomic E-state index is -4.06. The van der Waals surface area contributed by atoms with Crippen LogP contribution in [0, 0.1) is 6.92 Å². The summed E-state index contributed by atoms with van der Waals surface area (Å²) in [4.78, 5) is 17.7. The number of piperidine rings is 1. The molecule has 3 heterocycles. The average Bonchev–Trinajstić information content (AvgIpc) is 2.92. The molecular formula is C28H31ClN3O6S+. The maximum atomic E-state index is 14.8. The number of halogens is 1. The second kappa shape index (κ2) is 10.7. The number of rotatable bonds is 6. The summed E-state index contributed by atoms with van der Waals surface area (Å²) in [5.74, 6) is 0.635. The molecule has 2 aliphatic heterocycles. The van der Waals surface area contributed by atoms with E-state index in [4.69, 9.17) is 21.1 Å². The lowest BCUT2D eigenvalue weighted by Gasteiger charge is -2.49. The number of pyridine rings is 1. The predicted molar refractivity (Wildman–Crippen MR) is 147 cm³/mol. The molecular weight excluding hydrogens is 542 g/mol. The maximum Gasteiger partial charge on any atom is 0.511 e. The molecule has 11 heteroatoms. The summed E-state index contributed by atoms with van der Waals surface area (Å²) in [5, 5.41) is 9.37. The first-order chi connectivity index (χ1) is 18.6. The molecule has 0 amide bonds. The van der Waals surface area contributed by atoms with Gasteiger partial charge in [0.2, 0.25) is 0 Å². The van der Waals surface area contributed by atoms with Crippen LogP contribution in [0.2, 0.25) is 5.02 Å². The molecule has 3 aromatic rings. The Balaban J connectivity index is 1.62. The predicted octanol–water partition coefficient (Wildman–Crippen LogP) is 5.43. The highest BCUT2D eigenvalue weighted by atomic mass is 35.5. The van der Waals surface area contributed by atoms with Crippen molar-refractivity contribution in [1.29, 1.82) is 0 Å². The number of hydrogen-bond acceptors (Lipinski definition) is 7. The molecule has 2 unspecified atom stereocenters. The molecule has 1 aromatic heterocycles. The Kier molecular flexibility index (Phi) is 7.45. The Labute approximate surface area is 233 Å². The molecule has 1 N–H and O–H groups in total. The fourth-order valence-electron chi connectivity index (χ4n) is 6.00. The second-order valence-electron chi connectivity index (χ2n) is 10.1. The van der Waals surface area contributed by atoms with Crippen LogP contribution in [0.3, 0.4) is 0 Å². The molecule has 0 aliphatic carbocycles. The van der Waals surface area contributed by atoms with E-state index in [9.17, 15) is 18.3 Å². The summed E-state index contributed by atoms with van der Waals surface area (Å²) in [6.45, 7) is 3.44. The van der Waals surface area contributed by atoms with Crippen molar-refractivity contribution in [3.8, 4) is 11.5 Å². The molecule has 9 nitrogen and oxygen atoms in total. The smallest absolute Gasteiger partial charge is 0.493 e. The molecule has 5 rings (SSSR count). The third kappa shape index (κ3) is 4.92. The fourth-order valence-corrected chi connectivity index (χ4v) is 8.86. The van der Waals surface area contributed by atoms with Crippen LogP contribution in [0.1, 0.15) is 36.4 Å². The van der Waals surface area contributed by atoms with Gasteiger partial charge in [0.15, 0.2) is 0 Å². The molecule has 206 valence electrons. The standard InChI is InChI=1S/C28H30ClN3O6S/c1-19-4-3-5-24(29)27(19)39(35,36)32(2,21-10-15-31(16-11-21)20-8-13-30-14-9-20)25-12-17-37-26-7-6-22(18-23(25)26)38-28(33)34/h3-9,13-14,18,21,25H,10-12,15-17H2,1-2H3/p+1. The van der Waals surface area contributed by atoms with Crippen molar-refractivity contribution in [2.24, 2.45) is 0 Å². The molecule has 0 spiro atoms. The summed E-state index contributed by atoms with van der Waals surface area (Å²) in [6.07, 6.45) is 3.74. The number of quaternary nitrogens is 1. The second-order valence-corrected chi connectivity index (χ2v) is 12.6. The average molecular weight is 573 g/mol. The van der Waals surface area contributed by atoms with Crippen molar-refractivity contribution in [3.63, 3.8) is 0 Å². The van der Waals surface area contributed by atoms with Gasteiger partial charge in [0.1, 0.15) is 28.5 Å². The van der Waals surface area contributed by atoms with E-state index in [0.29, 0.717) is 55.8 Å². The molecule has 0 bridgehead atoms. The number of ether oxygens (including phenoxy) is 2. The van der Waals surface area contributed by atoms with Gasteiger partial charge >= 0.3 is 16.2 Å². The van der Waals surface area contributed by atoms with Crippen LogP contribution in [0.4, 0.5) is 10.5 Å². The van der Waals surface area contributed by atoms with Gasteiger partial charge in [-0.1, -0.05) is 23.7 Å². The number of sulfonamides is 1. The molecule has 2 atom stereocenters. The summed E-state index contributed by atoms with van der Waals surface area (Å²) in [5.41, 5.74) is 2.23. The fraction of sp³-hybridized carbons (Fsp3) is 0.357. The van der Waals surface area contributed by atoms with E-state index in [1.54, 1.807) is 56.7 Å². The van der Waals surface area contributed by atoms with Crippen molar-refractivity contribution >= 4 is 33.5 Å². The number of benzene rings is 2. The minimum absolute atomic E-state index is 0.113. The van der Waals surface area contributed by atoms with Crippen LogP contribution in [0.15, 0.2) is 65.8 Å². The number of aromatic nitrogens is 1. The quantitative estimate of drug-likeness (QED) is 0.237. The first-order valence-corrected chi connectivity index (χ1v) is 14.6. The van der Waals surface area contributed by atoms with Gasteiger partial charge in [-0.15, -0.1) is 0 Å². The largest absolute Gasteiger partial charge is 0.511 e. The van der Waals surface area contributed by atoms with Crippen LogP contribution in [0.25, 0.3) is 0 Å². The molecule has 0 saturated carbocycles. The first-order valence-electron chi connectivity index (χ1n) is 12.8. The van der Waals surface area contributed by atoms with Crippen molar-refractivity contribution < 1.29 is 31.7 Å².